The number of methoxy groups -OCH3 is 1. The van der Waals surface area contributed by atoms with Crippen LogP contribution in [0.3, 0.4) is 0 Å². The Kier molecular flexibility index (Phi) is 5.31. The second kappa shape index (κ2) is 7.20. The summed E-state index contributed by atoms with van der Waals surface area (Å²) in [6.07, 6.45) is 0.143. The van der Waals surface area contributed by atoms with Crippen molar-refractivity contribution in [3.63, 3.8) is 0 Å². The molecule has 1 aromatic heterocycles. The summed E-state index contributed by atoms with van der Waals surface area (Å²) in [6.45, 7) is 6.55. The zero-order chi connectivity index (χ0) is 14.4. The number of morpholine rings is 1. The van der Waals surface area contributed by atoms with Crippen molar-refractivity contribution in [2.45, 2.75) is 13.0 Å². The van der Waals surface area contributed by atoms with Crippen LogP contribution in [0.15, 0.2) is 0 Å². The highest BCUT2D eigenvalue weighted by molar-refractivity contribution is 5.35. The molecule has 0 bridgehead atoms. The van der Waals surface area contributed by atoms with Crippen LogP contribution in [-0.4, -0.2) is 72.9 Å². The van der Waals surface area contributed by atoms with Crippen LogP contribution in [0.4, 0.5) is 11.9 Å². The monoisotopic (exact) mass is 282 g/mol. The Bertz CT molecular complexity index is 408. The lowest BCUT2D eigenvalue weighted by molar-refractivity contribution is -0.0192. The molecule has 20 heavy (non-hydrogen) atoms. The SMILES string of the molecule is CCN1CCOC(CNc2nc(NC)nc(OC)n2)C1. The third-order valence-electron chi connectivity index (χ3n) is 3.18. The number of rotatable bonds is 6. The molecule has 2 N–H and O–H groups in total. The topological polar surface area (TPSA) is 84.4 Å². The number of ether oxygens (including phenoxy) is 2. The van der Waals surface area contributed by atoms with Gasteiger partial charge in [-0.25, -0.2) is 0 Å². The molecule has 2 rings (SSSR count). The van der Waals surface area contributed by atoms with Crippen LogP contribution in [0.1, 0.15) is 6.92 Å². The molecule has 1 saturated heterocycles. The summed E-state index contributed by atoms with van der Waals surface area (Å²) in [5, 5.41) is 6.05. The molecule has 8 nitrogen and oxygen atoms in total. The lowest BCUT2D eigenvalue weighted by Gasteiger charge is -2.32. The van der Waals surface area contributed by atoms with Crippen molar-refractivity contribution in [1.29, 1.82) is 0 Å². The van der Waals surface area contributed by atoms with E-state index in [9.17, 15) is 0 Å². The lowest BCUT2D eigenvalue weighted by Crippen LogP contribution is -2.45. The third-order valence-corrected chi connectivity index (χ3v) is 3.18. The van der Waals surface area contributed by atoms with E-state index in [0.29, 0.717) is 18.4 Å². The number of hydrogen-bond donors (Lipinski definition) is 2. The van der Waals surface area contributed by atoms with E-state index in [1.807, 2.05) is 0 Å². The maximum Gasteiger partial charge on any atom is 0.322 e. The number of anilines is 2. The molecule has 0 radical (unpaired) electrons. The number of likely N-dealkylation sites (N-methyl/N-ethyl adjacent to an activating group) is 1. The number of nitrogens with one attached hydrogen (secondary N) is 2. The summed E-state index contributed by atoms with van der Waals surface area (Å²) in [6, 6.07) is 0.284. The zero-order valence-corrected chi connectivity index (χ0v) is 12.2. The van der Waals surface area contributed by atoms with Crippen molar-refractivity contribution in [2.75, 3.05) is 57.6 Å². The van der Waals surface area contributed by atoms with E-state index in [-0.39, 0.29) is 12.1 Å². The molecule has 1 fully saturated rings. The summed E-state index contributed by atoms with van der Waals surface area (Å²) in [5.74, 6) is 0.956. The van der Waals surface area contributed by atoms with Gasteiger partial charge in [0.15, 0.2) is 0 Å². The van der Waals surface area contributed by atoms with Gasteiger partial charge in [-0.2, -0.15) is 15.0 Å². The second-order valence-electron chi connectivity index (χ2n) is 4.49. The van der Waals surface area contributed by atoms with Gasteiger partial charge in [-0.15, -0.1) is 0 Å². The molecule has 0 saturated carbocycles. The van der Waals surface area contributed by atoms with E-state index in [1.54, 1.807) is 7.05 Å². The summed E-state index contributed by atoms with van der Waals surface area (Å²) >= 11 is 0. The molecule has 8 heteroatoms. The van der Waals surface area contributed by atoms with Crippen molar-refractivity contribution in [3.05, 3.63) is 0 Å². The first-order chi connectivity index (χ1) is 9.75. The normalized spacial score (nSPS) is 19.6. The van der Waals surface area contributed by atoms with Crippen molar-refractivity contribution >= 4 is 11.9 Å². The van der Waals surface area contributed by atoms with Crippen molar-refractivity contribution in [2.24, 2.45) is 0 Å². The Hall–Kier alpha value is -1.67. The molecule has 0 amide bonds. The third kappa shape index (κ3) is 3.91. The zero-order valence-electron chi connectivity index (χ0n) is 12.2. The van der Waals surface area contributed by atoms with Crippen molar-refractivity contribution < 1.29 is 9.47 Å². The largest absolute Gasteiger partial charge is 0.467 e. The molecule has 1 atom stereocenters. The van der Waals surface area contributed by atoms with E-state index in [0.717, 1.165) is 26.2 Å². The molecule has 2 heterocycles. The van der Waals surface area contributed by atoms with E-state index >= 15 is 0 Å². The summed E-state index contributed by atoms with van der Waals surface area (Å²) < 4.78 is 10.8. The number of nitrogens with zero attached hydrogens (tertiary/aromatic N) is 4. The van der Waals surface area contributed by atoms with Crippen LogP contribution in [0, 0.1) is 0 Å². The van der Waals surface area contributed by atoms with Gasteiger partial charge >= 0.3 is 6.01 Å². The lowest BCUT2D eigenvalue weighted by atomic mass is 10.2. The standard InChI is InChI=1S/C12H22N6O2/c1-4-18-5-6-20-9(8-18)7-14-11-15-10(13-2)16-12(17-11)19-3/h9H,4-8H2,1-3H3,(H2,13,14,15,16,17). The van der Waals surface area contributed by atoms with Crippen LogP contribution in [0.2, 0.25) is 0 Å². The predicted molar refractivity (Wildman–Crippen MR) is 76.3 cm³/mol. The van der Waals surface area contributed by atoms with E-state index in [1.165, 1.54) is 7.11 Å². The minimum absolute atomic E-state index is 0.143. The Morgan fingerprint density at radius 2 is 2.15 bits per heavy atom. The molecular weight excluding hydrogens is 260 g/mol. The van der Waals surface area contributed by atoms with Crippen LogP contribution in [-0.2, 0) is 4.74 Å². The van der Waals surface area contributed by atoms with Gasteiger partial charge in [-0.3, -0.25) is 4.90 Å². The van der Waals surface area contributed by atoms with E-state index in [4.69, 9.17) is 9.47 Å². The van der Waals surface area contributed by atoms with Crippen LogP contribution < -0.4 is 15.4 Å². The van der Waals surface area contributed by atoms with Crippen molar-refractivity contribution in [1.82, 2.24) is 19.9 Å². The fraction of sp³-hybridized carbons (Fsp3) is 0.750. The highest BCUT2D eigenvalue weighted by Crippen LogP contribution is 2.11. The molecular formula is C12H22N6O2. The average Bonchev–Trinajstić information content (AvgIpc) is 2.52. The minimum Gasteiger partial charge on any atom is -0.467 e. The van der Waals surface area contributed by atoms with Gasteiger partial charge in [0.1, 0.15) is 0 Å². The summed E-state index contributed by atoms with van der Waals surface area (Å²) in [5.41, 5.74) is 0. The molecule has 1 aliphatic heterocycles. The van der Waals surface area contributed by atoms with Gasteiger partial charge in [0, 0.05) is 26.7 Å². The maximum atomic E-state index is 5.72. The Balaban J connectivity index is 1.92. The number of hydrogen-bond acceptors (Lipinski definition) is 8. The van der Waals surface area contributed by atoms with Gasteiger partial charge in [0.2, 0.25) is 11.9 Å². The molecule has 0 spiro atoms. The number of aromatic nitrogens is 3. The predicted octanol–water partition coefficient (Wildman–Crippen LogP) is 0.0545. The first kappa shape index (κ1) is 14.7. The van der Waals surface area contributed by atoms with Gasteiger partial charge in [0.25, 0.3) is 0 Å². The fourth-order valence-electron chi connectivity index (χ4n) is 2.03. The fourth-order valence-corrected chi connectivity index (χ4v) is 2.03. The maximum absolute atomic E-state index is 5.72. The van der Waals surface area contributed by atoms with Gasteiger partial charge in [0.05, 0.1) is 19.8 Å². The Morgan fingerprint density at radius 3 is 2.85 bits per heavy atom. The molecule has 1 aliphatic rings. The quantitative estimate of drug-likeness (QED) is 0.757. The van der Waals surface area contributed by atoms with Gasteiger partial charge in [-0.1, -0.05) is 6.92 Å². The van der Waals surface area contributed by atoms with E-state index < -0.39 is 0 Å². The Labute approximate surface area is 118 Å². The first-order valence-electron chi connectivity index (χ1n) is 6.80. The molecule has 0 aromatic carbocycles. The highest BCUT2D eigenvalue weighted by atomic mass is 16.5. The van der Waals surface area contributed by atoms with E-state index in [2.05, 4.69) is 37.4 Å². The van der Waals surface area contributed by atoms with Gasteiger partial charge < -0.3 is 20.1 Å². The van der Waals surface area contributed by atoms with Crippen LogP contribution in [0.5, 0.6) is 6.01 Å². The first-order valence-corrected chi connectivity index (χ1v) is 6.80. The van der Waals surface area contributed by atoms with Crippen LogP contribution in [0.25, 0.3) is 0 Å². The minimum atomic E-state index is 0.143. The van der Waals surface area contributed by atoms with Crippen molar-refractivity contribution in [3.8, 4) is 6.01 Å². The Morgan fingerprint density at radius 1 is 1.35 bits per heavy atom. The highest BCUT2D eigenvalue weighted by Gasteiger charge is 2.19. The molecule has 0 aliphatic carbocycles. The summed E-state index contributed by atoms with van der Waals surface area (Å²) in [4.78, 5) is 14.8. The second-order valence-corrected chi connectivity index (χ2v) is 4.49. The van der Waals surface area contributed by atoms with Gasteiger partial charge in [-0.05, 0) is 6.54 Å². The molecule has 1 unspecified atom stereocenters. The smallest absolute Gasteiger partial charge is 0.322 e. The van der Waals surface area contributed by atoms with Crippen LogP contribution >= 0.6 is 0 Å². The molecule has 112 valence electrons. The molecule has 1 aromatic rings. The summed E-state index contributed by atoms with van der Waals surface area (Å²) in [7, 11) is 3.28. The average molecular weight is 282 g/mol.